The van der Waals surface area contributed by atoms with Crippen molar-refractivity contribution in [3.05, 3.63) is 47.7 Å². The fourth-order valence-electron chi connectivity index (χ4n) is 2.87. The number of Topliss-reactive ketones (excluding diaryl/α,β-unsaturated/α-hetero) is 2. The first-order valence-corrected chi connectivity index (χ1v) is 6.75. The molecule has 2 aromatic rings. The molecule has 102 valence electrons. The van der Waals surface area contributed by atoms with Crippen molar-refractivity contribution in [2.75, 3.05) is 0 Å². The molecule has 3 heteroatoms. The number of aromatic nitrogens is 1. The summed E-state index contributed by atoms with van der Waals surface area (Å²) in [6.07, 6.45) is 0.289. The van der Waals surface area contributed by atoms with Gasteiger partial charge in [-0.2, -0.15) is 0 Å². The number of benzene rings is 1. The number of fused-ring (bicyclic) bond motifs is 1. The smallest absolute Gasteiger partial charge is 0.185 e. The molecule has 0 N–H and O–H groups in total. The zero-order chi connectivity index (χ0) is 14.5. The zero-order valence-electron chi connectivity index (χ0n) is 11.9. The van der Waals surface area contributed by atoms with Crippen LogP contribution < -0.4 is 0 Å². The Morgan fingerprint density at radius 3 is 2.40 bits per heavy atom. The molecule has 3 rings (SSSR count). The second-order valence-electron chi connectivity index (χ2n) is 6.03. The fourth-order valence-corrected chi connectivity index (χ4v) is 2.87. The molecule has 1 aromatic carbocycles. The van der Waals surface area contributed by atoms with E-state index in [9.17, 15) is 9.59 Å². The van der Waals surface area contributed by atoms with Crippen molar-refractivity contribution in [3.8, 4) is 11.3 Å². The molecule has 0 amide bonds. The van der Waals surface area contributed by atoms with Crippen LogP contribution in [0.5, 0.6) is 0 Å². The standard InChI is InChI=1S/C17H17NO2/c1-17(2)10-14(19)12-9-13(11-7-5-4-6-8-11)18(3)15(12)16(17)20/h4-9H,10H2,1-3H3. The molecule has 20 heavy (non-hydrogen) atoms. The molecule has 3 nitrogen and oxygen atoms in total. The van der Waals surface area contributed by atoms with Crippen molar-refractivity contribution in [1.82, 2.24) is 4.57 Å². The van der Waals surface area contributed by atoms with E-state index in [-0.39, 0.29) is 18.0 Å². The van der Waals surface area contributed by atoms with Crippen LogP contribution in [-0.4, -0.2) is 16.1 Å². The average Bonchev–Trinajstić information content (AvgIpc) is 2.75. The van der Waals surface area contributed by atoms with Crippen molar-refractivity contribution >= 4 is 11.6 Å². The number of carbonyl (C=O) groups excluding carboxylic acids is 2. The molecule has 0 fully saturated rings. The second-order valence-corrected chi connectivity index (χ2v) is 6.03. The van der Waals surface area contributed by atoms with Crippen LogP contribution >= 0.6 is 0 Å². The molecular formula is C17H17NO2. The minimum Gasteiger partial charge on any atom is -0.341 e. The Morgan fingerprint density at radius 2 is 1.75 bits per heavy atom. The molecule has 0 saturated heterocycles. The van der Waals surface area contributed by atoms with Crippen LogP contribution in [0.25, 0.3) is 11.3 Å². The van der Waals surface area contributed by atoms with E-state index in [1.165, 1.54) is 0 Å². The monoisotopic (exact) mass is 267 g/mol. The molecular weight excluding hydrogens is 250 g/mol. The van der Waals surface area contributed by atoms with E-state index in [4.69, 9.17) is 0 Å². The lowest BCUT2D eigenvalue weighted by Gasteiger charge is -2.27. The molecule has 0 atom stereocenters. The van der Waals surface area contributed by atoms with E-state index >= 15 is 0 Å². The van der Waals surface area contributed by atoms with E-state index in [0.29, 0.717) is 11.3 Å². The van der Waals surface area contributed by atoms with Gasteiger partial charge in [0, 0.05) is 30.1 Å². The maximum absolute atomic E-state index is 12.6. The van der Waals surface area contributed by atoms with Crippen molar-refractivity contribution in [3.63, 3.8) is 0 Å². The molecule has 1 aliphatic rings. The minimum absolute atomic E-state index is 0.0526. The highest BCUT2D eigenvalue weighted by molar-refractivity contribution is 6.16. The molecule has 0 saturated carbocycles. The number of ketones is 2. The topological polar surface area (TPSA) is 39.1 Å². The maximum Gasteiger partial charge on any atom is 0.185 e. The quantitative estimate of drug-likeness (QED) is 0.793. The highest BCUT2D eigenvalue weighted by Crippen LogP contribution is 2.37. The molecule has 0 unspecified atom stereocenters. The summed E-state index contributed by atoms with van der Waals surface area (Å²) >= 11 is 0. The summed E-state index contributed by atoms with van der Waals surface area (Å²) in [6.45, 7) is 3.68. The van der Waals surface area contributed by atoms with Crippen LogP contribution in [0.1, 0.15) is 41.1 Å². The molecule has 1 aliphatic carbocycles. The van der Waals surface area contributed by atoms with Gasteiger partial charge in [-0.25, -0.2) is 0 Å². The van der Waals surface area contributed by atoms with Gasteiger partial charge in [-0.1, -0.05) is 44.2 Å². The van der Waals surface area contributed by atoms with Gasteiger partial charge in [-0.05, 0) is 11.6 Å². The molecule has 1 heterocycles. The van der Waals surface area contributed by atoms with E-state index in [1.54, 1.807) is 0 Å². The Labute approximate surface area is 118 Å². The van der Waals surface area contributed by atoms with Gasteiger partial charge in [0.2, 0.25) is 0 Å². The van der Waals surface area contributed by atoms with Crippen molar-refractivity contribution in [2.24, 2.45) is 12.5 Å². The first-order chi connectivity index (χ1) is 9.42. The summed E-state index contributed by atoms with van der Waals surface area (Å²) in [5.41, 5.74) is 2.43. The summed E-state index contributed by atoms with van der Waals surface area (Å²) in [7, 11) is 1.85. The van der Waals surface area contributed by atoms with Crippen LogP contribution in [0.15, 0.2) is 36.4 Å². The lowest BCUT2D eigenvalue weighted by Crippen LogP contribution is -2.34. The zero-order valence-corrected chi connectivity index (χ0v) is 11.9. The summed E-state index contributed by atoms with van der Waals surface area (Å²) in [4.78, 5) is 24.9. The molecule has 0 spiro atoms. The third-order valence-corrected chi connectivity index (χ3v) is 4.04. The van der Waals surface area contributed by atoms with Crippen LogP contribution in [0.4, 0.5) is 0 Å². The van der Waals surface area contributed by atoms with Crippen molar-refractivity contribution in [1.29, 1.82) is 0 Å². The van der Waals surface area contributed by atoms with Gasteiger partial charge in [0.15, 0.2) is 11.6 Å². The van der Waals surface area contributed by atoms with E-state index < -0.39 is 5.41 Å². The molecule has 0 aliphatic heterocycles. The van der Waals surface area contributed by atoms with Gasteiger partial charge in [0.05, 0.1) is 5.69 Å². The molecule has 1 aromatic heterocycles. The summed E-state index contributed by atoms with van der Waals surface area (Å²) in [5, 5.41) is 0. The van der Waals surface area contributed by atoms with Crippen molar-refractivity contribution in [2.45, 2.75) is 20.3 Å². The van der Waals surface area contributed by atoms with Gasteiger partial charge in [-0.15, -0.1) is 0 Å². The van der Waals surface area contributed by atoms with Gasteiger partial charge < -0.3 is 4.57 Å². The van der Waals surface area contributed by atoms with Crippen LogP contribution in [-0.2, 0) is 7.05 Å². The lowest BCUT2D eigenvalue weighted by molar-refractivity contribution is 0.0730. The lowest BCUT2D eigenvalue weighted by atomic mass is 9.75. The number of nitrogens with zero attached hydrogens (tertiary/aromatic N) is 1. The van der Waals surface area contributed by atoms with Crippen LogP contribution in [0, 0.1) is 5.41 Å². The van der Waals surface area contributed by atoms with Gasteiger partial charge in [0.1, 0.15) is 0 Å². The molecule has 0 radical (unpaired) electrons. The van der Waals surface area contributed by atoms with E-state index in [2.05, 4.69) is 0 Å². The summed E-state index contributed by atoms with van der Waals surface area (Å²) in [6, 6.07) is 11.7. The third kappa shape index (κ3) is 1.73. The highest BCUT2D eigenvalue weighted by Gasteiger charge is 2.41. The largest absolute Gasteiger partial charge is 0.341 e. The number of hydrogen-bond acceptors (Lipinski definition) is 2. The Hall–Kier alpha value is -2.16. The first-order valence-electron chi connectivity index (χ1n) is 6.75. The Balaban J connectivity index is 2.23. The fraction of sp³-hybridized carbons (Fsp3) is 0.294. The normalized spacial score (nSPS) is 17.1. The number of hydrogen-bond donors (Lipinski definition) is 0. The Bertz CT molecular complexity index is 708. The van der Waals surface area contributed by atoms with Crippen LogP contribution in [0.2, 0.25) is 0 Å². The predicted molar refractivity (Wildman–Crippen MR) is 77.9 cm³/mol. The number of rotatable bonds is 1. The van der Waals surface area contributed by atoms with Gasteiger partial charge in [-0.3, -0.25) is 9.59 Å². The van der Waals surface area contributed by atoms with Crippen molar-refractivity contribution < 1.29 is 9.59 Å². The predicted octanol–water partition coefficient (Wildman–Crippen LogP) is 3.49. The first kappa shape index (κ1) is 12.9. The van der Waals surface area contributed by atoms with E-state index in [1.807, 2.05) is 61.9 Å². The SMILES string of the molecule is Cn1c(-c2ccccc2)cc2c1C(=O)C(C)(C)CC2=O. The van der Waals surface area contributed by atoms with Gasteiger partial charge in [0.25, 0.3) is 0 Å². The second kappa shape index (κ2) is 4.17. The average molecular weight is 267 g/mol. The third-order valence-electron chi connectivity index (χ3n) is 4.04. The van der Waals surface area contributed by atoms with E-state index in [0.717, 1.165) is 11.3 Å². The summed E-state index contributed by atoms with van der Waals surface area (Å²) in [5.74, 6) is 0.110. The number of carbonyl (C=O) groups is 2. The summed E-state index contributed by atoms with van der Waals surface area (Å²) < 4.78 is 1.85. The highest BCUT2D eigenvalue weighted by atomic mass is 16.1. The minimum atomic E-state index is -0.607. The molecule has 0 bridgehead atoms. The Morgan fingerprint density at radius 1 is 1.10 bits per heavy atom. The Kier molecular flexibility index (Phi) is 2.68. The maximum atomic E-state index is 12.6. The van der Waals surface area contributed by atoms with Gasteiger partial charge >= 0.3 is 0 Å². The van der Waals surface area contributed by atoms with Crippen LogP contribution in [0.3, 0.4) is 0 Å².